The van der Waals surface area contributed by atoms with Gasteiger partial charge in [0, 0.05) is 5.41 Å². The summed E-state index contributed by atoms with van der Waals surface area (Å²) in [5, 5.41) is 19.4. The maximum absolute atomic E-state index is 9.72. The first-order chi connectivity index (χ1) is 10.7. The molecule has 0 aromatic heterocycles. The van der Waals surface area contributed by atoms with E-state index in [0.29, 0.717) is 0 Å². The predicted molar refractivity (Wildman–Crippen MR) is 96.9 cm³/mol. The molecule has 0 rings (SSSR count). The van der Waals surface area contributed by atoms with E-state index >= 15 is 0 Å². The zero-order valence-electron chi connectivity index (χ0n) is 15.1. The highest BCUT2D eigenvalue weighted by Crippen LogP contribution is 2.31. The average Bonchev–Trinajstić information content (AvgIpc) is 2.55. The summed E-state index contributed by atoms with van der Waals surface area (Å²) in [6, 6.07) is 0. The van der Waals surface area contributed by atoms with Gasteiger partial charge in [-0.3, -0.25) is 0 Å². The molecule has 0 bridgehead atoms. The lowest BCUT2D eigenvalue weighted by atomic mass is 9.79. The van der Waals surface area contributed by atoms with Crippen molar-refractivity contribution in [2.45, 2.75) is 103 Å². The number of hydrogen-bond donors (Lipinski definition) is 2. The lowest BCUT2D eigenvalue weighted by Gasteiger charge is -2.30. The van der Waals surface area contributed by atoms with E-state index in [1.54, 1.807) is 0 Å². The lowest BCUT2D eigenvalue weighted by molar-refractivity contribution is 0.0353. The number of aliphatic hydroxyl groups is 2. The van der Waals surface area contributed by atoms with E-state index in [4.69, 9.17) is 0 Å². The second kappa shape index (κ2) is 15.8. The minimum Gasteiger partial charge on any atom is -0.396 e. The van der Waals surface area contributed by atoms with Gasteiger partial charge in [-0.05, 0) is 12.8 Å². The van der Waals surface area contributed by atoms with Crippen molar-refractivity contribution < 1.29 is 10.2 Å². The fraction of sp³-hybridized carbons (Fsp3) is 0.950. The van der Waals surface area contributed by atoms with Crippen molar-refractivity contribution in [3.05, 3.63) is 6.92 Å². The summed E-state index contributed by atoms with van der Waals surface area (Å²) in [4.78, 5) is 0. The van der Waals surface area contributed by atoms with Crippen molar-refractivity contribution >= 4 is 0 Å². The maximum atomic E-state index is 9.72. The van der Waals surface area contributed by atoms with Crippen LogP contribution in [-0.4, -0.2) is 23.4 Å². The van der Waals surface area contributed by atoms with Crippen LogP contribution in [0.5, 0.6) is 0 Å². The number of aliphatic hydroxyl groups excluding tert-OH is 2. The van der Waals surface area contributed by atoms with Crippen LogP contribution in [0.1, 0.15) is 103 Å². The second-order valence-electron chi connectivity index (χ2n) is 7.06. The summed E-state index contributed by atoms with van der Waals surface area (Å²) in [6.45, 7) is 6.39. The Labute approximate surface area is 139 Å². The van der Waals surface area contributed by atoms with Crippen molar-refractivity contribution in [3.63, 3.8) is 0 Å². The van der Waals surface area contributed by atoms with Gasteiger partial charge in [0.05, 0.1) is 13.2 Å². The van der Waals surface area contributed by atoms with Gasteiger partial charge in [0.25, 0.3) is 0 Å². The van der Waals surface area contributed by atoms with Gasteiger partial charge < -0.3 is 10.2 Å². The van der Waals surface area contributed by atoms with E-state index in [9.17, 15) is 10.2 Å². The third-order valence-corrected chi connectivity index (χ3v) is 4.94. The molecule has 0 unspecified atom stereocenters. The number of unbranched alkanes of at least 4 members (excludes halogenated alkanes) is 11. The summed E-state index contributed by atoms with van der Waals surface area (Å²) in [5.74, 6) is 0. The molecule has 0 aliphatic carbocycles. The Balaban J connectivity index is 3.76. The molecule has 0 saturated carbocycles. The fourth-order valence-electron chi connectivity index (χ4n) is 3.16. The molecular formula is C20H41O2. The van der Waals surface area contributed by atoms with Crippen molar-refractivity contribution in [2.24, 2.45) is 5.41 Å². The monoisotopic (exact) mass is 313 g/mol. The molecule has 0 fully saturated rings. The van der Waals surface area contributed by atoms with E-state index in [0.717, 1.165) is 32.1 Å². The first kappa shape index (κ1) is 21.9. The van der Waals surface area contributed by atoms with Crippen LogP contribution in [0.2, 0.25) is 0 Å². The van der Waals surface area contributed by atoms with Gasteiger partial charge in [0.15, 0.2) is 0 Å². The molecule has 0 aromatic carbocycles. The van der Waals surface area contributed by atoms with Gasteiger partial charge in [0.1, 0.15) is 0 Å². The molecule has 0 aliphatic rings. The van der Waals surface area contributed by atoms with Crippen molar-refractivity contribution in [2.75, 3.05) is 13.2 Å². The molecule has 2 N–H and O–H groups in total. The van der Waals surface area contributed by atoms with E-state index in [-0.39, 0.29) is 18.6 Å². The summed E-state index contributed by atoms with van der Waals surface area (Å²) < 4.78 is 0. The Morgan fingerprint density at radius 1 is 0.636 bits per heavy atom. The van der Waals surface area contributed by atoms with Gasteiger partial charge in [0.2, 0.25) is 0 Å². The molecular weight excluding hydrogens is 272 g/mol. The summed E-state index contributed by atoms with van der Waals surface area (Å²) in [6.07, 6.45) is 18.1. The molecule has 0 saturated heterocycles. The SMILES string of the molecule is [CH2]CCCCCCCCC(CO)(CO)CCCCCCCC. The molecule has 0 amide bonds. The van der Waals surface area contributed by atoms with Crippen LogP contribution in [0.3, 0.4) is 0 Å². The maximum Gasteiger partial charge on any atom is 0.0509 e. The molecule has 0 aromatic rings. The Kier molecular flexibility index (Phi) is 15.7. The van der Waals surface area contributed by atoms with Gasteiger partial charge in [-0.25, -0.2) is 0 Å². The number of hydrogen-bond acceptors (Lipinski definition) is 2. The van der Waals surface area contributed by atoms with E-state index in [1.165, 1.54) is 64.2 Å². The Morgan fingerprint density at radius 3 is 1.45 bits per heavy atom. The third kappa shape index (κ3) is 11.5. The summed E-state index contributed by atoms with van der Waals surface area (Å²) in [7, 11) is 0. The molecule has 2 heteroatoms. The van der Waals surface area contributed by atoms with Crippen molar-refractivity contribution in [3.8, 4) is 0 Å². The van der Waals surface area contributed by atoms with E-state index in [1.807, 2.05) is 0 Å². The Hall–Kier alpha value is -0.0800. The molecule has 0 aliphatic heterocycles. The van der Waals surface area contributed by atoms with Gasteiger partial charge >= 0.3 is 0 Å². The molecule has 1 radical (unpaired) electrons. The van der Waals surface area contributed by atoms with Crippen LogP contribution in [0.15, 0.2) is 0 Å². The van der Waals surface area contributed by atoms with Gasteiger partial charge in [-0.2, -0.15) is 0 Å². The fourth-order valence-corrected chi connectivity index (χ4v) is 3.16. The Morgan fingerprint density at radius 2 is 1.05 bits per heavy atom. The third-order valence-electron chi connectivity index (χ3n) is 4.94. The first-order valence-corrected chi connectivity index (χ1v) is 9.75. The van der Waals surface area contributed by atoms with Crippen LogP contribution in [0, 0.1) is 12.3 Å². The highest BCUT2D eigenvalue weighted by atomic mass is 16.3. The smallest absolute Gasteiger partial charge is 0.0509 e. The van der Waals surface area contributed by atoms with Crippen molar-refractivity contribution in [1.29, 1.82) is 0 Å². The number of rotatable bonds is 17. The van der Waals surface area contributed by atoms with Crippen LogP contribution < -0.4 is 0 Å². The quantitative estimate of drug-likeness (QED) is 0.340. The van der Waals surface area contributed by atoms with Crippen LogP contribution in [0.25, 0.3) is 0 Å². The molecule has 0 spiro atoms. The Bertz CT molecular complexity index is 212. The predicted octanol–water partition coefficient (Wildman–Crippen LogP) is 5.66. The average molecular weight is 314 g/mol. The molecule has 133 valence electrons. The topological polar surface area (TPSA) is 40.5 Å². The summed E-state index contributed by atoms with van der Waals surface area (Å²) in [5.41, 5.74) is -0.224. The van der Waals surface area contributed by atoms with Crippen LogP contribution >= 0.6 is 0 Å². The molecule has 0 atom stereocenters. The zero-order valence-corrected chi connectivity index (χ0v) is 15.1. The van der Waals surface area contributed by atoms with Crippen LogP contribution in [0.4, 0.5) is 0 Å². The standard InChI is InChI=1S/C20H41O2/c1-3-5-7-9-11-13-15-17-20(18-21,19-22)16-14-12-10-8-6-4-2/h21-22H,1,3-19H2,2H3. The van der Waals surface area contributed by atoms with Crippen LogP contribution in [-0.2, 0) is 0 Å². The largest absolute Gasteiger partial charge is 0.396 e. The van der Waals surface area contributed by atoms with Gasteiger partial charge in [-0.15, -0.1) is 0 Å². The highest BCUT2D eigenvalue weighted by Gasteiger charge is 2.27. The van der Waals surface area contributed by atoms with Crippen molar-refractivity contribution in [1.82, 2.24) is 0 Å². The van der Waals surface area contributed by atoms with E-state index < -0.39 is 0 Å². The lowest BCUT2D eigenvalue weighted by Crippen LogP contribution is -2.29. The van der Waals surface area contributed by atoms with E-state index in [2.05, 4.69) is 13.8 Å². The zero-order chi connectivity index (χ0) is 16.5. The normalized spacial score (nSPS) is 12.0. The molecule has 2 nitrogen and oxygen atoms in total. The highest BCUT2D eigenvalue weighted by molar-refractivity contribution is 4.78. The first-order valence-electron chi connectivity index (χ1n) is 9.75. The summed E-state index contributed by atoms with van der Waals surface area (Å²) >= 11 is 0. The molecule has 0 heterocycles. The minimum absolute atomic E-state index is 0.139. The van der Waals surface area contributed by atoms with Gasteiger partial charge in [-0.1, -0.05) is 97.3 Å². The second-order valence-corrected chi connectivity index (χ2v) is 7.06. The molecule has 22 heavy (non-hydrogen) atoms. The minimum atomic E-state index is -0.224.